The van der Waals surface area contributed by atoms with Gasteiger partial charge >= 0.3 is 5.92 Å². The highest BCUT2D eigenvalue weighted by molar-refractivity contribution is 5.95. The second-order valence-corrected chi connectivity index (χ2v) is 10.8. The molecule has 2 N–H and O–H groups in total. The SMILES string of the molecule is CC(F)(F)C(=O)NCCC(Oc1ccc2c(cnn2-c2cccc(C(=O)NC3CCOC3)c2)c1)c1ccc2c(c1)OCCO2. The first-order chi connectivity index (χ1) is 21.2. The third-order valence-electron chi connectivity index (χ3n) is 7.46. The fraction of sp³-hybridized carbons (Fsp3) is 0.344. The Labute approximate surface area is 252 Å². The molecule has 10 nitrogen and oxygen atoms in total. The molecule has 2 aliphatic rings. The van der Waals surface area contributed by atoms with Gasteiger partial charge in [-0.1, -0.05) is 12.1 Å². The lowest BCUT2D eigenvalue weighted by Gasteiger charge is -2.23. The molecule has 44 heavy (non-hydrogen) atoms. The molecule has 1 fully saturated rings. The predicted molar refractivity (Wildman–Crippen MR) is 157 cm³/mol. The quantitative estimate of drug-likeness (QED) is 0.271. The molecule has 0 bridgehead atoms. The molecule has 3 aromatic carbocycles. The Morgan fingerprint density at radius 3 is 2.70 bits per heavy atom. The Kier molecular flexibility index (Phi) is 8.34. The van der Waals surface area contributed by atoms with E-state index in [1.165, 1.54) is 0 Å². The number of carbonyl (C=O) groups excluding carboxylic acids is 2. The van der Waals surface area contributed by atoms with Crippen LogP contribution in [0.3, 0.4) is 0 Å². The number of alkyl halides is 2. The van der Waals surface area contributed by atoms with Crippen molar-refractivity contribution in [3.63, 3.8) is 0 Å². The average Bonchev–Trinajstić information content (AvgIpc) is 3.69. The van der Waals surface area contributed by atoms with Crippen molar-refractivity contribution in [2.24, 2.45) is 0 Å². The summed E-state index contributed by atoms with van der Waals surface area (Å²) < 4.78 is 51.6. The van der Waals surface area contributed by atoms with Crippen LogP contribution < -0.4 is 24.8 Å². The number of nitrogens with zero attached hydrogens (tertiary/aromatic N) is 2. The summed E-state index contributed by atoms with van der Waals surface area (Å²) in [6, 6.07) is 18.1. The van der Waals surface area contributed by atoms with Crippen molar-refractivity contribution in [2.75, 3.05) is 33.0 Å². The lowest BCUT2D eigenvalue weighted by atomic mass is 10.0. The number of aromatic nitrogens is 2. The van der Waals surface area contributed by atoms with E-state index in [1.54, 1.807) is 41.2 Å². The van der Waals surface area contributed by atoms with Gasteiger partial charge in [0.15, 0.2) is 11.5 Å². The summed E-state index contributed by atoms with van der Waals surface area (Å²) >= 11 is 0. The van der Waals surface area contributed by atoms with Crippen molar-refractivity contribution in [3.8, 4) is 22.9 Å². The maximum absolute atomic E-state index is 13.4. The van der Waals surface area contributed by atoms with E-state index in [9.17, 15) is 18.4 Å². The van der Waals surface area contributed by atoms with Crippen molar-refractivity contribution in [1.29, 1.82) is 0 Å². The molecule has 2 amide bonds. The average molecular weight is 607 g/mol. The number of amides is 2. The van der Waals surface area contributed by atoms with Gasteiger partial charge in [0.25, 0.3) is 11.8 Å². The maximum atomic E-state index is 13.4. The Hall–Kier alpha value is -4.71. The summed E-state index contributed by atoms with van der Waals surface area (Å²) in [5.41, 5.74) is 2.78. The molecular weight excluding hydrogens is 574 g/mol. The molecule has 6 rings (SSSR count). The van der Waals surface area contributed by atoms with E-state index in [-0.39, 0.29) is 24.9 Å². The van der Waals surface area contributed by atoms with Gasteiger partial charge in [0, 0.05) is 37.4 Å². The van der Waals surface area contributed by atoms with Crippen LogP contribution in [0.15, 0.2) is 66.9 Å². The van der Waals surface area contributed by atoms with Crippen LogP contribution in [0.5, 0.6) is 17.2 Å². The molecule has 1 saturated heterocycles. The van der Waals surface area contributed by atoms with Crippen molar-refractivity contribution in [3.05, 3.63) is 78.0 Å². The van der Waals surface area contributed by atoms with Crippen LogP contribution in [-0.2, 0) is 9.53 Å². The van der Waals surface area contributed by atoms with Crippen molar-refractivity contribution in [2.45, 2.75) is 37.8 Å². The lowest BCUT2D eigenvalue weighted by Crippen LogP contribution is -2.38. The molecule has 2 aliphatic heterocycles. The minimum atomic E-state index is -3.48. The van der Waals surface area contributed by atoms with Crippen LogP contribution in [0.2, 0.25) is 0 Å². The van der Waals surface area contributed by atoms with Crippen LogP contribution in [0, 0.1) is 0 Å². The van der Waals surface area contributed by atoms with Gasteiger partial charge in [-0.3, -0.25) is 9.59 Å². The topological polar surface area (TPSA) is 113 Å². The van der Waals surface area contributed by atoms with E-state index in [0.29, 0.717) is 56.2 Å². The summed E-state index contributed by atoms with van der Waals surface area (Å²) in [5, 5.41) is 10.6. The Morgan fingerprint density at radius 2 is 1.91 bits per heavy atom. The number of rotatable bonds is 10. The molecule has 0 spiro atoms. The van der Waals surface area contributed by atoms with E-state index in [4.69, 9.17) is 18.9 Å². The number of carbonyl (C=O) groups is 2. The molecular formula is C32H32F2N4O6. The first-order valence-electron chi connectivity index (χ1n) is 14.4. The molecule has 0 radical (unpaired) electrons. The van der Waals surface area contributed by atoms with Gasteiger partial charge in [0.1, 0.15) is 25.1 Å². The summed E-state index contributed by atoms with van der Waals surface area (Å²) in [4.78, 5) is 24.6. The molecule has 230 valence electrons. The molecule has 2 atom stereocenters. The number of halogens is 2. The van der Waals surface area contributed by atoms with Crippen molar-refractivity contribution in [1.82, 2.24) is 20.4 Å². The van der Waals surface area contributed by atoms with Gasteiger partial charge in [0.05, 0.1) is 30.0 Å². The highest BCUT2D eigenvalue weighted by Gasteiger charge is 2.32. The van der Waals surface area contributed by atoms with Gasteiger partial charge in [0.2, 0.25) is 0 Å². The summed E-state index contributed by atoms with van der Waals surface area (Å²) in [5.74, 6) is -3.29. The third-order valence-corrected chi connectivity index (χ3v) is 7.46. The maximum Gasteiger partial charge on any atom is 0.321 e. The standard InChI is InChI=1S/C32H32F2N4O6/c1-32(33,34)31(40)35-11-9-27(20-5-8-28-29(17-20)43-14-13-42-28)44-25-6-7-26-22(16-25)18-36-38(26)24-4-2-3-21(15-24)30(39)37-23-10-12-41-19-23/h2-8,15-18,23,27H,9-14,19H2,1H3,(H,35,40)(H,37,39). The zero-order valence-electron chi connectivity index (χ0n) is 24.1. The Balaban J connectivity index is 1.22. The van der Waals surface area contributed by atoms with E-state index in [1.807, 2.05) is 30.3 Å². The molecule has 12 heteroatoms. The van der Waals surface area contributed by atoms with Crippen molar-refractivity contribution < 1.29 is 37.3 Å². The number of benzene rings is 3. The highest BCUT2D eigenvalue weighted by Crippen LogP contribution is 2.35. The molecule has 4 aromatic rings. The molecule has 1 aromatic heterocycles. The predicted octanol–water partition coefficient (Wildman–Crippen LogP) is 4.60. The van der Waals surface area contributed by atoms with Gasteiger partial charge in [-0.15, -0.1) is 0 Å². The van der Waals surface area contributed by atoms with E-state index in [2.05, 4.69) is 15.7 Å². The van der Waals surface area contributed by atoms with Crippen LogP contribution in [0.4, 0.5) is 8.78 Å². The van der Waals surface area contributed by atoms with Crippen LogP contribution in [0.25, 0.3) is 16.6 Å². The fourth-order valence-corrected chi connectivity index (χ4v) is 5.18. The number of hydrogen-bond acceptors (Lipinski definition) is 7. The van der Waals surface area contributed by atoms with Crippen molar-refractivity contribution >= 4 is 22.7 Å². The first kappa shape index (κ1) is 29.4. The zero-order chi connectivity index (χ0) is 30.7. The number of ether oxygens (including phenoxy) is 4. The normalized spacial score (nSPS) is 16.8. The molecule has 0 saturated carbocycles. The van der Waals surface area contributed by atoms with Crippen LogP contribution >= 0.6 is 0 Å². The largest absolute Gasteiger partial charge is 0.486 e. The smallest absolute Gasteiger partial charge is 0.321 e. The number of hydrogen-bond donors (Lipinski definition) is 2. The molecule has 2 unspecified atom stereocenters. The van der Waals surface area contributed by atoms with E-state index < -0.39 is 17.9 Å². The summed E-state index contributed by atoms with van der Waals surface area (Å²) in [7, 11) is 0. The van der Waals surface area contributed by atoms with Crippen LogP contribution in [-0.4, -0.2) is 66.5 Å². The Bertz CT molecular complexity index is 1660. The Morgan fingerprint density at radius 1 is 1.07 bits per heavy atom. The monoisotopic (exact) mass is 606 g/mol. The number of nitrogens with one attached hydrogen (secondary N) is 2. The first-order valence-corrected chi connectivity index (χ1v) is 14.4. The minimum absolute atomic E-state index is 0.00459. The minimum Gasteiger partial charge on any atom is -0.486 e. The second-order valence-electron chi connectivity index (χ2n) is 10.8. The van der Waals surface area contributed by atoms with Crippen LogP contribution in [0.1, 0.15) is 41.8 Å². The lowest BCUT2D eigenvalue weighted by molar-refractivity contribution is -0.143. The molecule has 3 heterocycles. The summed E-state index contributed by atoms with van der Waals surface area (Å²) in [6.07, 6.45) is 2.12. The fourth-order valence-electron chi connectivity index (χ4n) is 5.18. The van der Waals surface area contributed by atoms with E-state index in [0.717, 1.165) is 28.6 Å². The van der Waals surface area contributed by atoms with Gasteiger partial charge in [-0.2, -0.15) is 13.9 Å². The zero-order valence-corrected chi connectivity index (χ0v) is 24.1. The number of fused-ring (bicyclic) bond motifs is 2. The second kappa shape index (κ2) is 12.5. The van der Waals surface area contributed by atoms with Gasteiger partial charge in [-0.25, -0.2) is 4.68 Å². The van der Waals surface area contributed by atoms with E-state index >= 15 is 0 Å². The van der Waals surface area contributed by atoms with Gasteiger partial charge in [-0.05, 0) is 60.5 Å². The highest BCUT2D eigenvalue weighted by atomic mass is 19.3. The summed E-state index contributed by atoms with van der Waals surface area (Å²) in [6.45, 7) is 2.54. The van der Waals surface area contributed by atoms with Gasteiger partial charge < -0.3 is 29.6 Å². The molecule has 0 aliphatic carbocycles. The third kappa shape index (κ3) is 6.60.